The van der Waals surface area contributed by atoms with Crippen molar-refractivity contribution in [3.8, 4) is 0 Å². The monoisotopic (exact) mass is 342 g/mol. The van der Waals surface area contributed by atoms with E-state index in [1.165, 1.54) is 4.90 Å². The Morgan fingerprint density at radius 2 is 1.72 bits per heavy atom. The maximum atomic E-state index is 12.8. The Morgan fingerprint density at radius 3 is 2.20 bits per heavy atom. The van der Waals surface area contributed by atoms with Gasteiger partial charge in [-0.2, -0.15) is 5.10 Å². The topological polar surface area (TPSA) is 58.4 Å². The van der Waals surface area contributed by atoms with Crippen LogP contribution in [0, 0.1) is 13.8 Å². The van der Waals surface area contributed by atoms with Crippen LogP contribution in [-0.2, 0) is 23.2 Å². The summed E-state index contributed by atoms with van der Waals surface area (Å²) < 4.78 is 1.80. The Labute approximate surface area is 149 Å². The second-order valence-corrected chi connectivity index (χ2v) is 6.50. The van der Waals surface area contributed by atoms with Gasteiger partial charge in [-0.25, -0.2) is 0 Å². The summed E-state index contributed by atoms with van der Waals surface area (Å²) in [7, 11) is 3.50. The zero-order chi connectivity index (χ0) is 18.7. The number of anilines is 1. The Morgan fingerprint density at radius 1 is 1.12 bits per heavy atom. The Balaban J connectivity index is 2.24. The molecule has 1 aromatic heterocycles. The van der Waals surface area contributed by atoms with Crippen LogP contribution in [0.2, 0.25) is 0 Å². The van der Waals surface area contributed by atoms with Crippen LogP contribution in [-0.4, -0.2) is 39.6 Å². The van der Waals surface area contributed by atoms with Gasteiger partial charge in [-0.15, -0.1) is 0 Å². The highest BCUT2D eigenvalue weighted by Gasteiger charge is 2.29. The SMILES string of the molecule is Cc1nn(C)c(C)c1CN(C(=O)C(=O)N(C)c1ccccc1)C(C)C. The molecule has 6 nitrogen and oxygen atoms in total. The van der Waals surface area contributed by atoms with Crippen molar-refractivity contribution in [2.75, 3.05) is 11.9 Å². The number of nitrogens with zero attached hydrogens (tertiary/aromatic N) is 4. The van der Waals surface area contributed by atoms with Gasteiger partial charge in [0.05, 0.1) is 12.2 Å². The molecule has 0 N–H and O–H groups in total. The number of likely N-dealkylation sites (N-methyl/N-ethyl adjacent to an activating group) is 1. The number of aryl methyl sites for hydroxylation is 2. The summed E-state index contributed by atoms with van der Waals surface area (Å²) in [6.07, 6.45) is 0. The average Bonchev–Trinajstić information content (AvgIpc) is 2.83. The first kappa shape index (κ1) is 18.7. The second-order valence-electron chi connectivity index (χ2n) is 6.50. The van der Waals surface area contributed by atoms with Crippen molar-refractivity contribution in [2.45, 2.75) is 40.3 Å². The van der Waals surface area contributed by atoms with Crippen molar-refractivity contribution in [1.29, 1.82) is 0 Å². The van der Waals surface area contributed by atoms with Crippen LogP contribution >= 0.6 is 0 Å². The first-order chi connectivity index (χ1) is 11.7. The van der Waals surface area contributed by atoms with Crippen molar-refractivity contribution >= 4 is 17.5 Å². The van der Waals surface area contributed by atoms with E-state index in [0.29, 0.717) is 12.2 Å². The van der Waals surface area contributed by atoms with Crippen LogP contribution in [0.5, 0.6) is 0 Å². The molecule has 0 bridgehead atoms. The van der Waals surface area contributed by atoms with Gasteiger partial charge in [0.15, 0.2) is 0 Å². The van der Waals surface area contributed by atoms with Crippen LogP contribution in [0.25, 0.3) is 0 Å². The molecule has 0 fully saturated rings. The summed E-state index contributed by atoms with van der Waals surface area (Å²) in [6.45, 7) is 8.08. The van der Waals surface area contributed by atoms with E-state index in [1.807, 2.05) is 52.9 Å². The summed E-state index contributed by atoms with van der Waals surface area (Å²) in [5.74, 6) is -1.05. The molecule has 25 heavy (non-hydrogen) atoms. The first-order valence-electron chi connectivity index (χ1n) is 8.36. The molecule has 1 heterocycles. The Bertz CT molecular complexity index is 765. The molecule has 0 saturated carbocycles. The summed E-state index contributed by atoms with van der Waals surface area (Å²) in [5.41, 5.74) is 3.56. The molecule has 2 amide bonds. The molecule has 0 unspecified atom stereocenters. The van der Waals surface area contributed by atoms with Crippen LogP contribution < -0.4 is 4.90 Å². The fourth-order valence-corrected chi connectivity index (χ4v) is 2.74. The fraction of sp³-hybridized carbons (Fsp3) is 0.421. The van der Waals surface area contributed by atoms with Gasteiger partial charge in [0.1, 0.15) is 0 Å². The van der Waals surface area contributed by atoms with E-state index in [-0.39, 0.29) is 6.04 Å². The van der Waals surface area contributed by atoms with Crippen LogP contribution in [0.3, 0.4) is 0 Å². The number of benzene rings is 1. The standard InChI is InChI=1S/C19H26N4O2/c1-13(2)23(12-17-14(3)20-22(6)15(17)4)19(25)18(24)21(5)16-10-8-7-9-11-16/h7-11,13H,12H2,1-6H3. The molecule has 134 valence electrons. The summed E-state index contributed by atoms with van der Waals surface area (Å²) in [5, 5.41) is 4.39. The first-order valence-corrected chi connectivity index (χ1v) is 8.36. The minimum Gasteiger partial charge on any atom is -0.328 e. The number of carbonyl (C=O) groups is 2. The number of hydrogen-bond acceptors (Lipinski definition) is 3. The third-order valence-corrected chi connectivity index (χ3v) is 4.50. The zero-order valence-electron chi connectivity index (χ0n) is 15.8. The minimum atomic E-state index is -0.543. The largest absolute Gasteiger partial charge is 0.328 e. The lowest BCUT2D eigenvalue weighted by atomic mass is 10.1. The molecule has 0 spiro atoms. The van der Waals surface area contributed by atoms with Gasteiger partial charge in [0.2, 0.25) is 0 Å². The van der Waals surface area contributed by atoms with Gasteiger partial charge in [-0.3, -0.25) is 14.3 Å². The van der Waals surface area contributed by atoms with Gasteiger partial charge in [-0.1, -0.05) is 18.2 Å². The van der Waals surface area contributed by atoms with Crippen molar-refractivity contribution in [3.63, 3.8) is 0 Å². The maximum Gasteiger partial charge on any atom is 0.316 e. The predicted octanol–water partition coefficient (Wildman–Crippen LogP) is 2.44. The normalized spacial score (nSPS) is 10.8. The fourth-order valence-electron chi connectivity index (χ4n) is 2.74. The molecule has 0 radical (unpaired) electrons. The Kier molecular flexibility index (Phi) is 5.62. The molecule has 0 aliphatic carbocycles. The lowest BCUT2D eigenvalue weighted by Crippen LogP contribution is -2.46. The van der Waals surface area contributed by atoms with Gasteiger partial charge in [0.25, 0.3) is 0 Å². The molecule has 0 saturated heterocycles. The highest BCUT2D eigenvalue weighted by molar-refractivity contribution is 6.40. The molecule has 0 atom stereocenters. The third kappa shape index (κ3) is 3.90. The van der Waals surface area contributed by atoms with Gasteiger partial charge < -0.3 is 9.80 Å². The highest BCUT2D eigenvalue weighted by atomic mass is 16.2. The van der Waals surface area contributed by atoms with Gasteiger partial charge >= 0.3 is 11.8 Å². The smallest absolute Gasteiger partial charge is 0.316 e. The molecule has 6 heteroatoms. The number of carbonyl (C=O) groups excluding carboxylic acids is 2. The van der Waals surface area contributed by atoms with E-state index in [0.717, 1.165) is 17.0 Å². The lowest BCUT2D eigenvalue weighted by molar-refractivity contribution is -0.145. The number of aromatic nitrogens is 2. The highest BCUT2D eigenvalue weighted by Crippen LogP contribution is 2.18. The van der Waals surface area contributed by atoms with Crippen molar-refractivity contribution < 1.29 is 9.59 Å². The molecule has 0 aliphatic heterocycles. The van der Waals surface area contributed by atoms with Crippen LogP contribution in [0.4, 0.5) is 5.69 Å². The van der Waals surface area contributed by atoms with Crippen molar-refractivity contribution in [2.24, 2.45) is 7.05 Å². The summed E-state index contributed by atoms with van der Waals surface area (Å²) in [6, 6.07) is 9.07. The molecule has 0 aliphatic rings. The van der Waals surface area contributed by atoms with E-state index < -0.39 is 11.8 Å². The lowest BCUT2D eigenvalue weighted by Gasteiger charge is -2.28. The molecule has 2 aromatic rings. The van der Waals surface area contributed by atoms with Crippen molar-refractivity contribution in [1.82, 2.24) is 14.7 Å². The number of amides is 2. The summed E-state index contributed by atoms with van der Waals surface area (Å²) in [4.78, 5) is 28.5. The predicted molar refractivity (Wildman–Crippen MR) is 98.2 cm³/mol. The van der Waals surface area contributed by atoms with E-state index in [9.17, 15) is 9.59 Å². The average molecular weight is 342 g/mol. The van der Waals surface area contributed by atoms with E-state index >= 15 is 0 Å². The number of para-hydroxylation sites is 1. The van der Waals surface area contributed by atoms with Crippen molar-refractivity contribution in [3.05, 3.63) is 47.3 Å². The van der Waals surface area contributed by atoms with E-state index in [4.69, 9.17) is 0 Å². The zero-order valence-corrected chi connectivity index (χ0v) is 15.8. The quantitative estimate of drug-likeness (QED) is 0.802. The maximum absolute atomic E-state index is 12.8. The van der Waals surface area contributed by atoms with Crippen LogP contribution in [0.1, 0.15) is 30.8 Å². The van der Waals surface area contributed by atoms with E-state index in [2.05, 4.69) is 5.10 Å². The molecular weight excluding hydrogens is 316 g/mol. The van der Waals surface area contributed by atoms with E-state index in [1.54, 1.807) is 28.8 Å². The van der Waals surface area contributed by atoms with Crippen LogP contribution in [0.15, 0.2) is 30.3 Å². The van der Waals surface area contributed by atoms with Gasteiger partial charge in [0, 0.05) is 37.1 Å². The summed E-state index contributed by atoms with van der Waals surface area (Å²) >= 11 is 0. The third-order valence-electron chi connectivity index (χ3n) is 4.50. The van der Waals surface area contributed by atoms with Gasteiger partial charge in [-0.05, 0) is 39.8 Å². The number of hydrogen-bond donors (Lipinski definition) is 0. The molecule has 1 aromatic carbocycles. The Hall–Kier alpha value is -2.63. The molecular formula is C19H26N4O2. The second kappa shape index (κ2) is 7.51. The molecule has 2 rings (SSSR count). The minimum absolute atomic E-state index is 0.0976. The number of rotatable bonds is 4.